The Kier molecular flexibility index (Phi) is 3.38. The normalized spacial score (nSPS) is 13.8. The van der Waals surface area contributed by atoms with Crippen LogP contribution >= 0.6 is 0 Å². The lowest BCUT2D eigenvalue weighted by Gasteiger charge is -2.30. The summed E-state index contributed by atoms with van der Waals surface area (Å²) in [5, 5.41) is 4.99. The molecule has 0 unspecified atom stereocenters. The molecule has 0 spiro atoms. The van der Waals surface area contributed by atoms with Crippen LogP contribution in [0.5, 0.6) is 0 Å². The molecule has 128 valence electrons. The first-order valence-electron chi connectivity index (χ1n) is 8.41. The van der Waals surface area contributed by atoms with Gasteiger partial charge in [-0.2, -0.15) is 5.10 Å². The molecule has 0 aliphatic carbocycles. The lowest BCUT2D eigenvalue weighted by Crippen LogP contribution is -2.32. The Morgan fingerprint density at radius 1 is 1.08 bits per heavy atom. The van der Waals surface area contributed by atoms with Gasteiger partial charge in [-0.05, 0) is 35.9 Å². The van der Waals surface area contributed by atoms with Crippen LogP contribution in [0, 0.1) is 5.82 Å². The predicted molar refractivity (Wildman–Crippen MR) is 95.6 cm³/mol. The van der Waals surface area contributed by atoms with Gasteiger partial charge in [-0.3, -0.25) is 4.98 Å². The third-order valence-corrected chi connectivity index (χ3v) is 4.67. The molecule has 0 atom stereocenters. The van der Waals surface area contributed by atoms with Crippen LogP contribution in [0.3, 0.4) is 0 Å². The van der Waals surface area contributed by atoms with E-state index >= 15 is 0 Å². The Balaban J connectivity index is 1.54. The molecule has 4 heterocycles. The van der Waals surface area contributed by atoms with Crippen molar-refractivity contribution in [2.24, 2.45) is 0 Å². The highest BCUT2D eigenvalue weighted by molar-refractivity contribution is 5.89. The molecule has 0 N–H and O–H groups in total. The number of hydrogen-bond acceptors (Lipinski definition) is 5. The Morgan fingerprint density at radius 2 is 2.04 bits per heavy atom. The maximum Gasteiger partial charge on any atom is 0.140 e. The van der Waals surface area contributed by atoms with Gasteiger partial charge in [0.25, 0.3) is 0 Å². The molecule has 0 fully saturated rings. The monoisotopic (exact) mass is 346 g/mol. The molecule has 3 aromatic heterocycles. The largest absolute Gasteiger partial charge is 0.351 e. The second-order valence-corrected chi connectivity index (χ2v) is 6.28. The second-order valence-electron chi connectivity index (χ2n) is 6.28. The number of hydrogen-bond donors (Lipinski definition) is 0. The summed E-state index contributed by atoms with van der Waals surface area (Å²) in [7, 11) is 0. The number of nitrogens with zero attached hydrogens (tertiary/aromatic N) is 6. The van der Waals surface area contributed by atoms with Crippen LogP contribution in [0.1, 0.15) is 11.3 Å². The van der Waals surface area contributed by atoms with Crippen LogP contribution in [0.2, 0.25) is 0 Å². The van der Waals surface area contributed by atoms with Crippen LogP contribution in [0.25, 0.3) is 16.6 Å². The summed E-state index contributed by atoms with van der Waals surface area (Å²) < 4.78 is 15.5. The van der Waals surface area contributed by atoms with E-state index in [4.69, 9.17) is 0 Å². The average Bonchev–Trinajstić information content (AvgIpc) is 3.21. The molecule has 0 saturated heterocycles. The molecular weight excluding hydrogens is 331 g/mol. The number of anilines is 1. The Bertz CT molecular complexity index is 1090. The van der Waals surface area contributed by atoms with Gasteiger partial charge < -0.3 is 4.90 Å². The molecule has 1 aromatic carbocycles. The molecule has 0 radical (unpaired) electrons. The lowest BCUT2D eigenvalue weighted by molar-refractivity contribution is 0.629. The SMILES string of the molecule is Fc1ccc2ncnc(N3CCc4ncc(-n5cccn5)cc4C3)c2c1. The molecule has 0 bridgehead atoms. The van der Waals surface area contributed by atoms with Gasteiger partial charge in [0.05, 0.1) is 17.4 Å². The summed E-state index contributed by atoms with van der Waals surface area (Å²) in [6.07, 6.45) is 7.83. The maximum absolute atomic E-state index is 13.7. The topological polar surface area (TPSA) is 59.7 Å². The standard InChI is InChI=1S/C19H15FN6/c20-14-2-3-18-16(9-14)19(23-12-22-18)25-7-4-17-13(11-25)8-15(10-21-17)26-6-1-5-24-26/h1-3,5-6,8-10,12H,4,7,11H2. The van der Waals surface area contributed by atoms with Crippen LogP contribution in [0.15, 0.2) is 55.2 Å². The van der Waals surface area contributed by atoms with E-state index in [0.29, 0.717) is 6.54 Å². The summed E-state index contributed by atoms with van der Waals surface area (Å²) in [5.74, 6) is 0.471. The molecule has 0 amide bonds. The van der Waals surface area contributed by atoms with Crippen molar-refractivity contribution >= 4 is 16.7 Å². The molecule has 7 heteroatoms. The second kappa shape index (κ2) is 5.87. The van der Waals surface area contributed by atoms with Crippen molar-refractivity contribution < 1.29 is 4.39 Å². The van der Waals surface area contributed by atoms with Gasteiger partial charge in [-0.15, -0.1) is 0 Å². The van der Waals surface area contributed by atoms with Crippen LogP contribution in [-0.4, -0.2) is 31.3 Å². The summed E-state index contributed by atoms with van der Waals surface area (Å²) >= 11 is 0. The Hall–Kier alpha value is -3.35. The minimum atomic E-state index is -0.284. The van der Waals surface area contributed by atoms with Crippen LogP contribution in [-0.2, 0) is 13.0 Å². The zero-order valence-electron chi connectivity index (χ0n) is 13.9. The number of fused-ring (bicyclic) bond motifs is 2. The zero-order chi connectivity index (χ0) is 17.5. The summed E-state index contributed by atoms with van der Waals surface area (Å²) in [4.78, 5) is 15.4. The zero-order valence-corrected chi connectivity index (χ0v) is 13.9. The van der Waals surface area contributed by atoms with Crippen molar-refractivity contribution in [1.82, 2.24) is 24.7 Å². The predicted octanol–water partition coefficient (Wildman–Crippen LogP) is 2.91. The summed E-state index contributed by atoms with van der Waals surface area (Å²) in [6, 6.07) is 8.59. The molecule has 1 aliphatic rings. The minimum absolute atomic E-state index is 0.284. The molecule has 0 saturated carbocycles. The van der Waals surface area contributed by atoms with Crippen LogP contribution < -0.4 is 4.90 Å². The number of halogens is 1. The maximum atomic E-state index is 13.7. The highest BCUT2D eigenvalue weighted by Crippen LogP contribution is 2.28. The molecular formula is C19H15FN6. The van der Waals surface area contributed by atoms with Gasteiger partial charge in [-0.25, -0.2) is 19.0 Å². The third-order valence-electron chi connectivity index (χ3n) is 4.67. The van der Waals surface area contributed by atoms with Crippen molar-refractivity contribution in [3.63, 3.8) is 0 Å². The number of pyridine rings is 1. The first-order valence-corrected chi connectivity index (χ1v) is 8.41. The van der Waals surface area contributed by atoms with E-state index in [2.05, 4.69) is 31.0 Å². The number of aromatic nitrogens is 5. The number of benzene rings is 1. The van der Waals surface area contributed by atoms with Crippen molar-refractivity contribution in [1.29, 1.82) is 0 Å². The third kappa shape index (κ3) is 2.48. The van der Waals surface area contributed by atoms with E-state index in [-0.39, 0.29) is 5.82 Å². The Labute approximate surface area is 149 Å². The quantitative estimate of drug-likeness (QED) is 0.558. The van der Waals surface area contributed by atoms with Crippen molar-refractivity contribution in [3.05, 3.63) is 72.3 Å². The average molecular weight is 346 g/mol. The van der Waals surface area contributed by atoms with Gasteiger partial charge in [-0.1, -0.05) is 0 Å². The molecule has 6 nitrogen and oxygen atoms in total. The fourth-order valence-electron chi connectivity index (χ4n) is 3.41. The van der Waals surface area contributed by atoms with E-state index in [9.17, 15) is 4.39 Å². The van der Waals surface area contributed by atoms with Crippen LogP contribution in [0.4, 0.5) is 10.2 Å². The highest BCUT2D eigenvalue weighted by Gasteiger charge is 2.21. The minimum Gasteiger partial charge on any atom is -0.351 e. The van der Waals surface area contributed by atoms with Crippen molar-refractivity contribution in [2.75, 3.05) is 11.4 Å². The summed E-state index contributed by atoms with van der Waals surface area (Å²) in [5.41, 5.74) is 3.88. The van der Waals surface area contributed by atoms with E-state index in [1.165, 1.54) is 18.5 Å². The van der Waals surface area contributed by atoms with E-state index in [1.807, 2.05) is 18.5 Å². The van der Waals surface area contributed by atoms with Gasteiger partial charge in [0, 0.05) is 43.0 Å². The van der Waals surface area contributed by atoms with E-state index < -0.39 is 0 Å². The van der Waals surface area contributed by atoms with Gasteiger partial charge in [0.15, 0.2) is 0 Å². The van der Waals surface area contributed by atoms with E-state index in [1.54, 1.807) is 16.9 Å². The lowest BCUT2D eigenvalue weighted by atomic mass is 10.0. The number of rotatable bonds is 2. The van der Waals surface area contributed by atoms with E-state index in [0.717, 1.165) is 46.6 Å². The summed E-state index contributed by atoms with van der Waals surface area (Å²) in [6.45, 7) is 1.45. The molecule has 26 heavy (non-hydrogen) atoms. The highest BCUT2D eigenvalue weighted by atomic mass is 19.1. The first kappa shape index (κ1) is 14.9. The first-order chi connectivity index (χ1) is 12.8. The fourth-order valence-corrected chi connectivity index (χ4v) is 3.41. The smallest absolute Gasteiger partial charge is 0.140 e. The van der Waals surface area contributed by atoms with Crippen molar-refractivity contribution in [2.45, 2.75) is 13.0 Å². The van der Waals surface area contributed by atoms with Crippen molar-refractivity contribution in [3.8, 4) is 5.69 Å². The fraction of sp³-hybridized carbons (Fsp3) is 0.158. The van der Waals surface area contributed by atoms with Gasteiger partial charge in [0.1, 0.15) is 18.0 Å². The molecule has 5 rings (SSSR count). The van der Waals surface area contributed by atoms with Gasteiger partial charge in [0.2, 0.25) is 0 Å². The molecule has 4 aromatic rings. The van der Waals surface area contributed by atoms with Gasteiger partial charge >= 0.3 is 0 Å². The Morgan fingerprint density at radius 3 is 2.92 bits per heavy atom. The molecule has 1 aliphatic heterocycles.